The summed E-state index contributed by atoms with van der Waals surface area (Å²) < 4.78 is 31.4. The number of amides is 1. The van der Waals surface area contributed by atoms with Crippen molar-refractivity contribution in [2.75, 3.05) is 23.0 Å². The summed E-state index contributed by atoms with van der Waals surface area (Å²) in [6.45, 7) is 4.53. The van der Waals surface area contributed by atoms with Crippen LogP contribution < -0.4 is 9.62 Å². The van der Waals surface area contributed by atoms with Crippen LogP contribution >= 0.6 is 0 Å². The van der Waals surface area contributed by atoms with Gasteiger partial charge in [0.15, 0.2) is 0 Å². The zero-order chi connectivity index (χ0) is 23.3. The standard InChI is InChI=1S/C25H28N2O4S/c1-18-12-19(2)14-24(13-18)27(32(4,29)30)16-20-8-10-22(11-9-20)25(28)26-23-7-5-6-21(15-23)17-31-3/h5-15H,16-17H2,1-4H3,(H,26,28). The monoisotopic (exact) mass is 452 g/mol. The van der Waals surface area contributed by atoms with Gasteiger partial charge in [-0.1, -0.05) is 30.3 Å². The minimum absolute atomic E-state index is 0.183. The van der Waals surface area contributed by atoms with Crippen LogP contribution in [0.3, 0.4) is 0 Å². The molecule has 0 aliphatic rings. The van der Waals surface area contributed by atoms with Crippen molar-refractivity contribution in [3.05, 3.63) is 94.5 Å². The normalized spacial score (nSPS) is 11.2. The van der Waals surface area contributed by atoms with Gasteiger partial charge in [-0.2, -0.15) is 0 Å². The van der Waals surface area contributed by atoms with E-state index in [0.717, 1.165) is 22.3 Å². The first-order chi connectivity index (χ1) is 15.2. The van der Waals surface area contributed by atoms with E-state index in [2.05, 4.69) is 5.32 Å². The molecule has 0 saturated carbocycles. The molecule has 32 heavy (non-hydrogen) atoms. The van der Waals surface area contributed by atoms with Gasteiger partial charge in [0.1, 0.15) is 0 Å². The minimum Gasteiger partial charge on any atom is -0.380 e. The fourth-order valence-electron chi connectivity index (χ4n) is 3.53. The molecule has 0 aliphatic carbocycles. The summed E-state index contributed by atoms with van der Waals surface area (Å²) in [5.74, 6) is -0.236. The van der Waals surface area contributed by atoms with Crippen LogP contribution in [0.15, 0.2) is 66.7 Å². The number of carbonyl (C=O) groups is 1. The first-order valence-corrected chi connectivity index (χ1v) is 12.0. The smallest absolute Gasteiger partial charge is 0.255 e. The van der Waals surface area contributed by atoms with Crippen molar-refractivity contribution in [3.8, 4) is 0 Å². The molecule has 0 fully saturated rings. The Balaban J connectivity index is 1.76. The fourth-order valence-corrected chi connectivity index (χ4v) is 4.40. The van der Waals surface area contributed by atoms with Gasteiger partial charge in [-0.25, -0.2) is 8.42 Å². The number of methoxy groups -OCH3 is 1. The highest BCUT2D eigenvalue weighted by molar-refractivity contribution is 7.92. The van der Waals surface area contributed by atoms with E-state index in [9.17, 15) is 13.2 Å². The quantitative estimate of drug-likeness (QED) is 0.539. The molecular formula is C25H28N2O4S. The first-order valence-electron chi connectivity index (χ1n) is 10.2. The van der Waals surface area contributed by atoms with E-state index in [1.54, 1.807) is 31.4 Å². The maximum absolute atomic E-state index is 12.6. The van der Waals surface area contributed by atoms with E-state index >= 15 is 0 Å². The predicted molar refractivity (Wildman–Crippen MR) is 128 cm³/mol. The van der Waals surface area contributed by atoms with Crippen molar-refractivity contribution in [2.24, 2.45) is 0 Å². The average Bonchev–Trinajstić information content (AvgIpc) is 2.71. The van der Waals surface area contributed by atoms with Gasteiger partial charge in [0, 0.05) is 18.4 Å². The number of carbonyl (C=O) groups excluding carboxylic acids is 1. The number of ether oxygens (including phenoxy) is 1. The van der Waals surface area contributed by atoms with E-state index in [1.165, 1.54) is 10.6 Å². The van der Waals surface area contributed by atoms with E-state index in [0.29, 0.717) is 23.5 Å². The lowest BCUT2D eigenvalue weighted by Gasteiger charge is -2.23. The van der Waals surface area contributed by atoms with Crippen LogP contribution in [0.5, 0.6) is 0 Å². The van der Waals surface area contributed by atoms with Crippen molar-refractivity contribution in [1.29, 1.82) is 0 Å². The topological polar surface area (TPSA) is 75.7 Å². The summed E-state index contributed by atoms with van der Waals surface area (Å²) in [6, 6.07) is 20.1. The number of nitrogens with zero attached hydrogens (tertiary/aromatic N) is 1. The minimum atomic E-state index is -3.48. The molecule has 0 unspecified atom stereocenters. The Kier molecular flexibility index (Phi) is 7.33. The lowest BCUT2D eigenvalue weighted by Crippen LogP contribution is -2.29. The zero-order valence-corrected chi connectivity index (χ0v) is 19.6. The molecule has 0 heterocycles. The number of benzene rings is 3. The number of aryl methyl sites for hydroxylation is 2. The van der Waals surface area contributed by atoms with Crippen LogP contribution in [-0.4, -0.2) is 27.7 Å². The third kappa shape index (κ3) is 6.18. The number of sulfonamides is 1. The van der Waals surface area contributed by atoms with Crippen molar-refractivity contribution >= 4 is 27.3 Å². The van der Waals surface area contributed by atoms with E-state index in [4.69, 9.17) is 4.74 Å². The maximum Gasteiger partial charge on any atom is 0.255 e. The molecule has 7 heteroatoms. The van der Waals surface area contributed by atoms with Crippen molar-refractivity contribution in [1.82, 2.24) is 0 Å². The van der Waals surface area contributed by atoms with Gasteiger partial charge in [0.25, 0.3) is 5.91 Å². The van der Waals surface area contributed by atoms with Crippen molar-refractivity contribution in [3.63, 3.8) is 0 Å². The highest BCUT2D eigenvalue weighted by atomic mass is 32.2. The number of nitrogens with one attached hydrogen (secondary N) is 1. The molecule has 0 saturated heterocycles. The van der Waals surface area contributed by atoms with Gasteiger partial charge in [-0.15, -0.1) is 0 Å². The molecule has 3 rings (SSSR count). The Hall–Kier alpha value is -3.16. The summed E-state index contributed by atoms with van der Waals surface area (Å²) in [7, 11) is -1.86. The first kappa shape index (κ1) is 23.5. The Morgan fingerprint density at radius 3 is 2.19 bits per heavy atom. The lowest BCUT2D eigenvalue weighted by atomic mass is 10.1. The van der Waals surface area contributed by atoms with E-state index in [1.807, 2.05) is 56.3 Å². The second-order valence-electron chi connectivity index (χ2n) is 7.90. The molecule has 3 aromatic rings. The predicted octanol–water partition coefficient (Wildman–Crippen LogP) is 4.67. The number of anilines is 2. The molecular weight excluding hydrogens is 424 g/mol. The highest BCUT2D eigenvalue weighted by Gasteiger charge is 2.19. The Morgan fingerprint density at radius 2 is 1.59 bits per heavy atom. The van der Waals surface area contributed by atoms with Crippen molar-refractivity contribution < 1.29 is 17.9 Å². The molecule has 1 N–H and O–H groups in total. The van der Waals surface area contributed by atoms with Gasteiger partial charge in [0.05, 0.1) is 25.1 Å². The largest absolute Gasteiger partial charge is 0.380 e. The van der Waals surface area contributed by atoms with E-state index in [-0.39, 0.29) is 12.5 Å². The molecule has 6 nitrogen and oxygen atoms in total. The molecule has 0 radical (unpaired) electrons. The second kappa shape index (κ2) is 9.97. The summed E-state index contributed by atoms with van der Waals surface area (Å²) in [5.41, 5.74) is 5.55. The summed E-state index contributed by atoms with van der Waals surface area (Å²) in [5, 5.41) is 2.88. The third-order valence-electron chi connectivity index (χ3n) is 4.93. The average molecular weight is 453 g/mol. The second-order valence-corrected chi connectivity index (χ2v) is 9.81. The van der Waals surface area contributed by atoms with Crippen LogP contribution in [0, 0.1) is 13.8 Å². The zero-order valence-electron chi connectivity index (χ0n) is 18.8. The van der Waals surface area contributed by atoms with Gasteiger partial charge in [0.2, 0.25) is 10.0 Å². The summed E-state index contributed by atoms with van der Waals surface area (Å²) in [4.78, 5) is 12.6. The van der Waals surface area contributed by atoms with Crippen LogP contribution in [0.2, 0.25) is 0 Å². The molecule has 0 spiro atoms. The van der Waals surface area contributed by atoms with Crippen LogP contribution in [0.1, 0.15) is 32.6 Å². The summed E-state index contributed by atoms with van der Waals surface area (Å²) >= 11 is 0. The third-order valence-corrected chi connectivity index (χ3v) is 6.07. The Bertz CT molecular complexity index is 1180. The Labute approximate surface area is 189 Å². The van der Waals surface area contributed by atoms with Gasteiger partial charge in [-0.3, -0.25) is 9.10 Å². The van der Waals surface area contributed by atoms with Crippen LogP contribution in [0.25, 0.3) is 0 Å². The van der Waals surface area contributed by atoms with Gasteiger partial charge in [-0.05, 0) is 72.5 Å². The van der Waals surface area contributed by atoms with Crippen LogP contribution in [0.4, 0.5) is 11.4 Å². The summed E-state index contributed by atoms with van der Waals surface area (Å²) in [6.07, 6.45) is 1.20. The highest BCUT2D eigenvalue weighted by Crippen LogP contribution is 2.24. The number of rotatable bonds is 8. The number of hydrogen-bond acceptors (Lipinski definition) is 4. The molecule has 3 aromatic carbocycles. The fraction of sp³-hybridized carbons (Fsp3) is 0.240. The van der Waals surface area contributed by atoms with E-state index < -0.39 is 10.0 Å². The maximum atomic E-state index is 12.6. The molecule has 0 aliphatic heterocycles. The molecule has 0 aromatic heterocycles. The van der Waals surface area contributed by atoms with Gasteiger partial charge < -0.3 is 10.1 Å². The van der Waals surface area contributed by atoms with Crippen molar-refractivity contribution in [2.45, 2.75) is 27.0 Å². The van der Waals surface area contributed by atoms with Crippen LogP contribution in [-0.2, 0) is 27.9 Å². The molecule has 0 bridgehead atoms. The molecule has 168 valence electrons. The molecule has 1 amide bonds. The lowest BCUT2D eigenvalue weighted by molar-refractivity contribution is 0.102. The molecule has 0 atom stereocenters. The van der Waals surface area contributed by atoms with Gasteiger partial charge >= 0.3 is 0 Å². The number of hydrogen-bond donors (Lipinski definition) is 1. The SMILES string of the molecule is COCc1cccc(NC(=O)c2ccc(CN(c3cc(C)cc(C)c3)S(C)(=O)=O)cc2)c1. The Morgan fingerprint density at radius 1 is 0.938 bits per heavy atom.